The molecule has 1 aliphatic carbocycles. The van der Waals surface area contributed by atoms with Crippen LogP contribution in [0.2, 0.25) is 19.6 Å². The summed E-state index contributed by atoms with van der Waals surface area (Å²) in [5, 5.41) is 1.62. The van der Waals surface area contributed by atoms with Crippen molar-refractivity contribution in [2.75, 3.05) is 0 Å². The fraction of sp³-hybridized carbons (Fsp3) is 0.308. The van der Waals surface area contributed by atoms with Crippen LogP contribution >= 0.6 is 0 Å². The molecule has 4 rings (SSSR count). The summed E-state index contributed by atoms with van der Waals surface area (Å²) in [5.41, 5.74) is 8.41. The molecule has 0 radical (unpaired) electrons. The monoisotopic (exact) mass is 532 g/mol. The second-order valence-corrected chi connectivity index (χ2v) is 16.3. The predicted octanol–water partition coefficient (Wildman–Crippen LogP) is 0.379. The van der Waals surface area contributed by atoms with Crippen LogP contribution in [-0.2, 0) is 30.7 Å². The van der Waals surface area contributed by atoms with Gasteiger partial charge < -0.3 is 24.8 Å². The summed E-state index contributed by atoms with van der Waals surface area (Å²) in [6.45, 7) is 15.8. The number of halogens is 2. The average Bonchev–Trinajstić information content (AvgIpc) is 3.14. The molecule has 0 atom stereocenters. The second kappa shape index (κ2) is 13.0. The molecular formula is C26H32Cl2SiZr-2. The van der Waals surface area contributed by atoms with E-state index in [1.54, 1.807) is 29.4 Å². The summed E-state index contributed by atoms with van der Waals surface area (Å²) in [7, 11) is -1.06. The molecule has 0 saturated carbocycles. The van der Waals surface area contributed by atoms with Crippen molar-refractivity contribution in [2.45, 2.75) is 53.8 Å². The molecule has 0 amide bonds. The molecule has 4 heteroatoms. The molecule has 0 nitrogen and oxygen atoms in total. The van der Waals surface area contributed by atoms with Crippen LogP contribution in [0, 0.1) is 19.9 Å². The summed E-state index contributed by atoms with van der Waals surface area (Å²) in [4.78, 5) is 0. The van der Waals surface area contributed by atoms with Crippen molar-refractivity contribution in [1.82, 2.24) is 0 Å². The summed E-state index contributed by atoms with van der Waals surface area (Å²) in [5.74, 6) is 0. The number of aryl methyl sites for hydroxylation is 2. The van der Waals surface area contributed by atoms with Gasteiger partial charge in [0.2, 0.25) is 0 Å². The maximum absolute atomic E-state index is 3.30. The molecule has 3 aromatic rings. The smallest absolute Gasteiger partial charge is 0.00418 e. The van der Waals surface area contributed by atoms with Crippen molar-refractivity contribution in [2.24, 2.45) is 0 Å². The van der Waals surface area contributed by atoms with E-state index in [0.29, 0.717) is 0 Å². The third-order valence-electron chi connectivity index (χ3n) is 4.67. The number of rotatable bonds is 1. The maximum Gasteiger partial charge on any atom is 0.00418 e. The zero-order valence-electron chi connectivity index (χ0n) is 19.2. The van der Waals surface area contributed by atoms with Gasteiger partial charge >= 0.3 is 41.3 Å². The van der Waals surface area contributed by atoms with Gasteiger partial charge in [-0.3, -0.25) is 0 Å². The summed E-state index contributed by atoms with van der Waals surface area (Å²) < 4.78 is 1.51. The van der Waals surface area contributed by atoms with Crippen LogP contribution in [0.4, 0.5) is 0 Å². The molecule has 0 fully saturated rings. The minimum absolute atomic E-state index is 0. The first-order valence-corrected chi connectivity index (χ1v) is 14.7. The van der Waals surface area contributed by atoms with E-state index < -0.39 is 8.07 Å². The van der Waals surface area contributed by atoms with Crippen molar-refractivity contribution in [3.63, 3.8) is 0 Å². The molecule has 1 aliphatic rings. The molecule has 0 heterocycles. The van der Waals surface area contributed by atoms with Crippen molar-refractivity contribution in [3.05, 3.63) is 82.9 Å². The normalized spacial score (nSPS) is 10.7. The molecule has 160 valence electrons. The predicted molar refractivity (Wildman–Crippen MR) is 124 cm³/mol. The van der Waals surface area contributed by atoms with Gasteiger partial charge in [-0.05, 0) is 6.42 Å². The largest absolute Gasteiger partial charge is 1.00 e. The van der Waals surface area contributed by atoms with Gasteiger partial charge in [-0.1, -0.05) is 68.9 Å². The summed E-state index contributed by atoms with van der Waals surface area (Å²) in [6, 6.07) is 22.7. The fourth-order valence-electron chi connectivity index (χ4n) is 3.61. The van der Waals surface area contributed by atoms with Gasteiger partial charge in [-0.2, -0.15) is 52.2 Å². The number of hydrogen-bond acceptors (Lipinski definition) is 0. The Morgan fingerprint density at radius 1 is 0.967 bits per heavy atom. The van der Waals surface area contributed by atoms with E-state index in [4.69, 9.17) is 0 Å². The van der Waals surface area contributed by atoms with Crippen LogP contribution in [0.1, 0.15) is 36.1 Å². The van der Waals surface area contributed by atoms with Crippen LogP contribution in [0.25, 0.3) is 11.1 Å². The quantitative estimate of drug-likeness (QED) is 0.245. The molecule has 0 aromatic heterocycles. The number of fused-ring (bicyclic) bond motifs is 3. The zero-order valence-corrected chi connectivity index (χ0v) is 24.1. The summed E-state index contributed by atoms with van der Waals surface area (Å²) in [6.07, 6.45) is 1.05. The molecule has 0 aliphatic heterocycles. The molecule has 30 heavy (non-hydrogen) atoms. The van der Waals surface area contributed by atoms with Crippen LogP contribution in [0.5, 0.6) is 0 Å². The van der Waals surface area contributed by atoms with Gasteiger partial charge in [0.25, 0.3) is 0 Å². The Morgan fingerprint density at radius 2 is 1.53 bits per heavy atom. The van der Waals surface area contributed by atoms with Crippen LogP contribution in [0.15, 0.2) is 54.6 Å². The van der Waals surface area contributed by atoms with E-state index in [2.05, 4.69) is 102 Å². The Hall–Kier alpha value is -0.660. The maximum atomic E-state index is 3.30. The van der Waals surface area contributed by atoms with Crippen LogP contribution in [-0.4, -0.2) is 11.3 Å². The SMILES string of the molecule is C[C](C)=[Zr+2].Cc1cc([Si](C)(C)C)c(C)[cH-]1.[Cl-].[Cl-].[c-]1cccc2c1Cc1ccccc1-2. The Morgan fingerprint density at radius 3 is 2.03 bits per heavy atom. The molecule has 0 saturated heterocycles. The van der Waals surface area contributed by atoms with E-state index in [0.717, 1.165) is 6.42 Å². The van der Waals surface area contributed by atoms with Gasteiger partial charge in [0.05, 0.1) is 0 Å². The van der Waals surface area contributed by atoms with Crippen molar-refractivity contribution in [1.29, 1.82) is 0 Å². The van der Waals surface area contributed by atoms with E-state index in [9.17, 15) is 0 Å². The van der Waals surface area contributed by atoms with E-state index >= 15 is 0 Å². The molecular weight excluding hydrogens is 503 g/mol. The van der Waals surface area contributed by atoms with Crippen LogP contribution < -0.4 is 30.0 Å². The van der Waals surface area contributed by atoms with Crippen LogP contribution in [0.3, 0.4) is 0 Å². The standard InChI is InChI=1S/C13H9.C10H17Si.C3H6.2ClH.Zr/c1-3-7-12-10(5-1)9-11-6-2-4-8-13(11)12;1-8-6-9(2)10(7-8)11(3,4)5;1-3-2;;;/h1-5,7-8H,9H2;6-7H,1-5H3;1-2H3;2*1H;/q2*-1;;;;+2/p-2. The number of hydrogen-bond donors (Lipinski definition) is 0. The van der Waals surface area contributed by atoms with Gasteiger partial charge in [0.15, 0.2) is 0 Å². The molecule has 0 spiro atoms. The first-order chi connectivity index (χ1) is 13.1. The van der Waals surface area contributed by atoms with E-state index in [1.165, 1.54) is 36.6 Å². The Labute approximate surface area is 212 Å². The third kappa shape index (κ3) is 8.46. The topological polar surface area (TPSA) is 0 Å². The molecule has 0 N–H and O–H groups in total. The molecule has 0 bridgehead atoms. The molecule has 0 unspecified atom stereocenters. The summed E-state index contributed by atoms with van der Waals surface area (Å²) >= 11 is 1.55. The molecule has 3 aromatic carbocycles. The first-order valence-electron chi connectivity index (χ1n) is 9.93. The Bertz CT molecular complexity index is 904. The Balaban J connectivity index is 0.000000457. The van der Waals surface area contributed by atoms with E-state index in [-0.39, 0.29) is 24.8 Å². The van der Waals surface area contributed by atoms with Crippen molar-refractivity contribution in [3.8, 4) is 11.1 Å². The van der Waals surface area contributed by atoms with Gasteiger partial charge in [0.1, 0.15) is 0 Å². The van der Waals surface area contributed by atoms with Crippen molar-refractivity contribution >= 4 is 16.5 Å². The Kier molecular flexibility index (Phi) is 12.7. The second-order valence-electron chi connectivity index (χ2n) is 8.78. The van der Waals surface area contributed by atoms with Gasteiger partial charge in [-0.25, -0.2) is 6.07 Å². The van der Waals surface area contributed by atoms with E-state index in [1.807, 2.05) is 6.07 Å². The fourth-order valence-corrected chi connectivity index (χ4v) is 5.52. The number of benzene rings is 2. The minimum Gasteiger partial charge on any atom is -1.00 e. The zero-order chi connectivity index (χ0) is 20.9. The van der Waals surface area contributed by atoms with Crippen molar-refractivity contribution < 1.29 is 49.0 Å². The first kappa shape index (κ1) is 29.3. The van der Waals surface area contributed by atoms with Gasteiger partial charge in [0, 0.05) is 8.07 Å². The minimum atomic E-state index is -1.06. The van der Waals surface area contributed by atoms with Gasteiger partial charge in [-0.15, -0.1) is 5.56 Å². The third-order valence-corrected chi connectivity index (χ3v) is 6.82. The average molecular weight is 535 g/mol.